The minimum Gasteiger partial charge on any atom is -0.354 e. The standard InChI is InChI=1S/C20H27N3O2S/c1-13-18(15(3)24)14(2)22-19(13)20(25)21-10-16-6-4-8-23(11-16)12-17-7-5-9-26-17/h5,7,9,16,22H,4,6,8,10-12H2,1-3H3,(H,21,25)/t16-/m1/s1. The lowest BCUT2D eigenvalue weighted by Crippen LogP contribution is -2.40. The summed E-state index contributed by atoms with van der Waals surface area (Å²) in [5.41, 5.74) is 2.66. The number of thiophene rings is 1. The second-order valence-electron chi connectivity index (χ2n) is 7.21. The van der Waals surface area contributed by atoms with Gasteiger partial charge in [0.25, 0.3) is 5.91 Å². The second-order valence-corrected chi connectivity index (χ2v) is 8.25. The minimum atomic E-state index is -0.117. The van der Waals surface area contributed by atoms with Gasteiger partial charge in [0.2, 0.25) is 0 Å². The Morgan fingerprint density at radius 1 is 1.38 bits per heavy atom. The molecule has 1 atom stereocenters. The third-order valence-electron chi connectivity index (χ3n) is 5.13. The third kappa shape index (κ3) is 4.24. The number of ketones is 1. The van der Waals surface area contributed by atoms with Crippen LogP contribution in [0.1, 0.15) is 56.7 Å². The first kappa shape index (κ1) is 18.9. The maximum Gasteiger partial charge on any atom is 0.268 e. The molecular formula is C20H27N3O2S. The molecule has 0 spiro atoms. The Labute approximate surface area is 158 Å². The molecule has 26 heavy (non-hydrogen) atoms. The molecule has 3 rings (SSSR count). The number of nitrogens with one attached hydrogen (secondary N) is 2. The lowest BCUT2D eigenvalue weighted by molar-refractivity contribution is 0.0925. The number of aromatic amines is 1. The van der Waals surface area contributed by atoms with Crippen molar-refractivity contribution in [3.05, 3.63) is 44.9 Å². The summed E-state index contributed by atoms with van der Waals surface area (Å²) in [7, 11) is 0. The van der Waals surface area contributed by atoms with E-state index in [0.717, 1.165) is 37.3 Å². The second kappa shape index (κ2) is 8.18. The van der Waals surface area contributed by atoms with E-state index in [4.69, 9.17) is 0 Å². The number of carbonyl (C=O) groups is 2. The smallest absolute Gasteiger partial charge is 0.268 e. The van der Waals surface area contributed by atoms with Crippen molar-refractivity contribution in [1.29, 1.82) is 0 Å². The van der Waals surface area contributed by atoms with E-state index in [9.17, 15) is 9.59 Å². The molecule has 5 nitrogen and oxygen atoms in total. The Balaban J connectivity index is 1.56. The number of hydrogen-bond acceptors (Lipinski definition) is 4. The Kier molecular flexibility index (Phi) is 5.94. The molecule has 0 radical (unpaired) electrons. The Hall–Kier alpha value is -1.92. The summed E-state index contributed by atoms with van der Waals surface area (Å²) in [5.74, 6) is 0.344. The highest BCUT2D eigenvalue weighted by atomic mass is 32.1. The average molecular weight is 374 g/mol. The third-order valence-corrected chi connectivity index (χ3v) is 5.99. The van der Waals surface area contributed by atoms with Gasteiger partial charge in [0.1, 0.15) is 5.69 Å². The van der Waals surface area contributed by atoms with Crippen molar-refractivity contribution in [2.24, 2.45) is 5.92 Å². The number of aromatic nitrogens is 1. The van der Waals surface area contributed by atoms with Crippen molar-refractivity contribution in [3.8, 4) is 0 Å². The van der Waals surface area contributed by atoms with Gasteiger partial charge < -0.3 is 10.3 Å². The van der Waals surface area contributed by atoms with Gasteiger partial charge in [-0.1, -0.05) is 6.07 Å². The van der Waals surface area contributed by atoms with Gasteiger partial charge >= 0.3 is 0 Å². The normalized spacial score (nSPS) is 18.0. The van der Waals surface area contributed by atoms with Crippen molar-refractivity contribution in [1.82, 2.24) is 15.2 Å². The SMILES string of the molecule is CC(=O)c1c(C)[nH]c(C(=O)NC[C@H]2CCCN(Cc3cccs3)C2)c1C. The van der Waals surface area contributed by atoms with Crippen molar-refractivity contribution in [2.75, 3.05) is 19.6 Å². The number of aryl methyl sites for hydroxylation is 1. The molecule has 0 aliphatic carbocycles. The first-order chi connectivity index (χ1) is 12.5. The molecular weight excluding hydrogens is 346 g/mol. The van der Waals surface area contributed by atoms with E-state index in [1.807, 2.05) is 13.8 Å². The predicted octanol–water partition coefficient (Wildman–Crippen LogP) is 3.54. The fraction of sp³-hybridized carbons (Fsp3) is 0.500. The van der Waals surface area contributed by atoms with E-state index in [2.05, 4.69) is 32.7 Å². The van der Waals surface area contributed by atoms with Gasteiger partial charge in [0.05, 0.1) is 0 Å². The van der Waals surface area contributed by atoms with Gasteiger partial charge in [0, 0.05) is 35.8 Å². The predicted molar refractivity (Wildman–Crippen MR) is 105 cm³/mol. The van der Waals surface area contributed by atoms with Crippen molar-refractivity contribution < 1.29 is 9.59 Å². The fourth-order valence-corrected chi connectivity index (χ4v) is 4.66. The molecule has 1 amide bonds. The lowest BCUT2D eigenvalue weighted by atomic mass is 9.98. The van der Waals surface area contributed by atoms with Crippen LogP contribution in [0.15, 0.2) is 17.5 Å². The number of hydrogen-bond donors (Lipinski definition) is 2. The molecule has 0 unspecified atom stereocenters. The van der Waals surface area contributed by atoms with Crippen LogP contribution in [0.5, 0.6) is 0 Å². The molecule has 2 aromatic rings. The molecule has 1 aliphatic heterocycles. The maximum absolute atomic E-state index is 12.6. The maximum atomic E-state index is 12.6. The molecule has 6 heteroatoms. The van der Waals surface area contributed by atoms with Crippen LogP contribution in [0.2, 0.25) is 0 Å². The highest BCUT2D eigenvalue weighted by molar-refractivity contribution is 7.09. The molecule has 0 bridgehead atoms. The van der Waals surface area contributed by atoms with E-state index in [0.29, 0.717) is 23.7 Å². The van der Waals surface area contributed by atoms with Crippen LogP contribution in [-0.4, -0.2) is 41.2 Å². The number of amides is 1. The first-order valence-electron chi connectivity index (χ1n) is 9.18. The number of rotatable bonds is 6. The van der Waals surface area contributed by atoms with Crippen LogP contribution in [0, 0.1) is 19.8 Å². The van der Waals surface area contributed by atoms with Gasteiger partial charge in [-0.15, -0.1) is 11.3 Å². The van der Waals surface area contributed by atoms with Crippen molar-refractivity contribution >= 4 is 23.0 Å². The van der Waals surface area contributed by atoms with Crippen LogP contribution in [0.4, 0.5) is 0 Å². The summed E-state index contributed by atoms with van der Waals surface area (Å²) < 4.78 is 0. The van der Waals surface area contributed by atoms with Gasteiger partial charge in [-0.2, -0.15) is 0 Å². The number of nitrogens with zero attached hydrogens (tertiary/aromatic N) is 1. The first-order valence-corrected chi connectivity index (χ1v) is 10.1. The van der Waals surface area contributed by atoms with E-state index < -0.39 is 0 Å². The lowest BCUT2D eigenvalue weighted by Gasteiger charge is -2.32. The summed E-state index contributed by atoms with van der Waals surface area (Å²) in [4.78, 5) is 31.3. The highest BCUT2D eigenvalue weighted by Gasteiger charge is 2.23. The molecule has 1 aliphatic rings. The fourth-order valence-electron chi connectivity index (χ4n) is 3.92. The Bertz CT molecular complexity index is 779. The molecule has 0 saturated carbocycles. The Morgan fingerprint density at radius 2 is 2.19 bits per heavy atom. The number of carbonyl (C=O) groups excluding carboxylic acids is 2. The zero-order valence-corrected chi connectivity index (χ0v) is 16.5. The number of H-pyrrole nitrogens is 1. The summed E-state index contributed by atoms with van der Waals surface area (Å²) in [5, 5.41) is 5.18. The molecule has 2 N–H and O–H groups in total. The molecule has 2 aromatic heterocycles. The molecule has 0 aromatic carbocycles. The minimum absolute atomic E-state index is 0.00759. The summed E-state index contributed by atoms with van der Waals surface area (Å²) in [6, 6.07) is 4.27. The quantitative estimate of drug-likeness (QED) is 0.761. The summed E-state index contributed by atoms with van der Waals surface area (Å²) in [6.45, 7) is 9.02. The monoisotopic (exact) mass is 373 g/mol. The topological polar surface area (TPSA) is 65.2 Å². The van der Waals surface area contributed by atoms with E-state index >= 15 is 0 Å². The van der Waals surface area contributed by atoms with Crippen LogP contribution < -0.4 is 5.32 Å². The van der Waals surface area contributed by atoms with Gasteiger partial charge in [-0.25, -0.2) is 0 Å². The van der Waals surface area contributed by atoms with Crippen molar-refractivity contribution in [3.63, 3.8) is 0 Å². The largest absolute Gasteiger partial charge is 0.354 e. The molecule has 140 valence electrons. The summed E-state index contributed by atoms with van der Waals surface area (Å²) >= 11 is 1.80. The van der Waals surface area contributed by atoms with Crippen LogP contribution in [-0.2, 0) is 6.54 Å². The van der Waals surface area contributed by atoms with Gasteiger partial charge in [0.15, 0.2) is 5.78 Å². The van der Waals surface area contributed by atoms with Crippen LogP contribution in [0.3, 0.4) is 0 Å². The van der Waals surface area contributed by atoms with Crippen molar-refractivity contribution in [2.45, 2.75) is 40.2 Å². The van der Waals surface area contributed by atoms with Gasteiger partial charge in [-0.05, 0) is 63.1 Å². The number of likely N-dealkylation sites (tertiary alicyclic amines) is 1. The van der Waals surface area contributed by atoms with Crippen LogP contribution >= 0.6 is 11.3 Å². The highest BCUT2D eigenvalue weighted by Crippen LogP contribution is 2.21. The average Bonchev–Trinajstić information content (AvgIpc) is 3.20. The van der Waals surface area contributed by atoms with E-state index in [1.54, 1.807) is 11.3 Å². The number of piperidine rings is 1. The number of Topliss-reactive ketones (excluding diaryl/α,β-unsaturated/α-hetero) is 1. The van der Waals surface area contributed by atoms with Crippen LogP contribution in [0.25, 0.3) is 0 Å². The molecule has 3 heterocycles. The summed E-state index contributed by atoms with van der Waals surface area (Å²) in [6.07, 6.45) is 2.31. The Morgan fingerprint density at radius 3 is 2.85 bits per heavy atom. The molecule has 1 fully saturated rings. The zero-order chi connectivity index (χ0) is 18.7. The molecule has 1 saturated heterocycles. The zero-order valence-electron chi connectivity index (χ0n) is 15.7. The van der Waals surface area contributed by atoms with E-state index in [1.165, 1.54) is 18.2 Å². The van der Waals surface area contributed by atoms with Gasteiger partial charge in [-0.3, -0.25) is 14.5 Å². The van der Waals surface area contributed by atoms with E-state index in [-0.39, 0.29) is 11.7 Å².